The molecule has 0 heterocycles. The summed E-state index contributed by atoms with van der Waals surface area (Å²) in [4.78, 5) is 24.7. The number of allylic oxidation sites excluding steroid dienone is 4. The second-order valence-electron chi connectivity index (χ2n) is 10.5. The highest BCUT2D eigenvalue weighted by molar-refractivity contribution is 6.01. The van der Waals surface area contributed by atoms with Gasteiger partial charge in [-0.05, 0) is 49.7 Å². The fourth-order valence-corrected chi connectivity index (χ4v) is 7.85. The fraction of sp³-hybridized carbons (Fsp3) is 0.739. The molecule has 4 aliphatic carbocycles. The van der Waals surface area contributed by atoms with Crippen LogP contribution in [0.3, 0.4) is 0 Å². The highest BCUT2D eigenvalue weighted by atomic mass is 16.3. The average Bonchev–Trinajstić information content (AvgIpc) is 2.87. The minimum Gasteiger partial charge on any atom is -0.392 e. The van der Waals surface area contributed by atoms with Gasteiger partial charge in [0.25, 0.3) is 0 Å². The molecule has 0 aromatic carbocycles. The molecule has 0 aromatic heterocycles. The van der Waals surface area contributed by atoms with E-state index >= 15 is 0 Å². The van der Waals surface area contributed by atoms with Gasteiger partial charge >= 0.3 is 0 Å². The zero-order chi connectivity index (χ0) is 21.6. The highest BCUT2D eigenvalue weighted by Crippen LogP contribution is 2.73. The Morgan fingerprint density at radius 1 is 1.31 bits per heavy atom. The second-order valence-corrected chi connectivity index (χ2v) is 10.5. The molecule has 0 radical (unpaired) electrons. The van der Waals surface area contributed by atoms with Gasteiger partial charge in [0.2, 0.25) is 0 Å². The summed E-state index contributed by atoms with van der Waals surface area (Å²) >= 11 is 0. The van der Waals surface area contributed by atoms with Crippen LogP contribution in [-0.2, 0) is 9.59 Å². The molecule has 0 amide bonds. The van der Waals surface area contributed by atoms with Gasteiger partial charge in [-0.1, -0.05) is 39.3 Å². The molecule has 0 spiro atoms. The Kier molecular flexibility index (Phi) is 4.24. The van der Waals surface area contributed by atoms with Crippen molar-refractivity contribution >= 4 is 11.6 Å². The van der Waals surface area contributed by atoms with E-state index in [2.05, 4.69) is 0 Å². The molecule has 0 saturated heterocycles. The summed E-state index contributed by atoms with van der Waals surface area (Å²) in [6.45, 7) is 6.99. The zero-order valence-electron chi connectivity index (χ0n) is 17.7. The number of aliphatic hydroxyl groups excluding tert-OH is 2. The Balaban J connectivity index is 1.90. The first kappa shape index (κ1) is 20.9. The first-order valence-electron chi connectivity index (χ1n) is 10.6. The first-order valence-corrected chi connectivity index (χ1v) is 10.6. The molecule has 0 unspecified atom stereocenters. The van der Waals surface area contributed by atoms with Crippen LogP contribution in [0.2, 0.25) is 0 Å². The predicted molar refractivity (Wildman–Crippen MR) is 108 cm³/mol. The van der Waals surface area contributed by atoms with Crippen molar-refractivity contribution in [3.8, 4) is 0 Å². The number of ketones is 2. The predicted octanol–water partition coefficient (Wildman–Crippen LogP) is 1.27. The van der Waals surface area contributed by atoms with Crippen molar-refractivity contribution in [3.63, 3.8) is 0 Å². The van der Waals surface area contributed by atoms with Gasteiger partial charge in [-0.2, -0.15) is 0 Å². The van der Waals surface area contributed by atoms with Crippen molar-refractivity contribution in [2.75, 3.05) is 6.61 Å². The standard InChI is InChI=1S/C23H33NO5/c1-13-9-16-20(3,23(13,29)18(28)12-25)11-17(27)21(4)19(2)7-6-15(26)10-14(19)5-8-22(16,21)24/h6-7,10,13,16-17,25,27,29H,5,8-9,11-12,24H2,1-4H3/t13-,16+,17-,19-,20-,21+,22+,23-/m0/s1. The third-order valence-corrected chi connectivity index (χ3v) is 9.83. The normalized spacial score (nSPS) is 53.7. The molecule has 160 valence electrons. The third-order valence-electron chi connectivity index (χ3n) is 9.83. The lowest BCUT2D eigenvalue weighted by molar-refractivity contribution is -0.216. The van der Waals surface area contributed by atoms with Gasteiger partial charge in [0.1, 0.15) is 12.2 Å². The summed E-state index contributed by atoms with van der Waals surface area (Å²) in [5.74, 6) is -1.22. The second kappa shape index (κ2) is 5.88. The molecule has 0 bridgehead atoms. The van der Waals surface area contributed by atoms with E-state index in [1.807, 2.05) is 33.8 Å². The van der Waals surface area contributed by atoms with E-state index in [4.69, 9.17) is 5.73 Å². The van der Waals surface area contributed by atoms with E-state index < -0.39 is 45.9 Å². The lowest BCUT2D eigenvalue weighted by Crippen LogP contribution is -2.77. The SMILES string of the molecule is C[C@H]1C[C@@H]2[C@](C)(C[C@H](O)[C@]3(C)[C@@]4(C)C=CC(=O)C=C4CC[C@@]23N)[C@@]1(O)C(=O)CO. The van der Waals surface area contributed by atoms with Crippen LogP contribution in [0.1, 0.15) is 53.4 Å². The number of nitrogens with two attached hydrogens (primary N) is 1. The van der Waals surface area contributed by atoms with E-state index in [-0.39, 0.29) is 24.0 Å². The number of carbonyl (C=O) groups excluding carboxylic acids is 2. The Bertz CT molecular complexity index is 850. The topological polar surface area (TPSA) is 121 Å². The fourth-order valence-electron chi connectivity index (χ4n) is 7.85. The van der Waals surface area contributed by atoms with Crippen LogP contribution in [0.25, 0.3) is 0 Å². The minimum atomic E-state index is -1.73. The summed E-state index contributed by atoms with van der Waals surface area (Å²) in [7, 11) is 0. The molecule has 4 rings (SSSR count). The summed E-state index contributed by atoms with van der Waals surface area (Å²) in [5, 5.41) is 32.7. The third kappa shape index (κ3) is 2.06. The van der Waals surface area contributed by atoms with E-state index in [0.717, 1.165) is 5.57 Å². The summed E-state index contributed by atoms with van der Waals surface area (Å²) < 4.78 is 0. The molecule has 4 aliphatic rings. The van der Waals surface area contributed by atoms with Crippen LogP contribution in [0.15, 0.2) is 23.8 Å². The van der Waals surface area contributed by atoms with Gasteiger partial charge in [-0.15, -0.1) is 0 Å². The smallest absolute Gasteiger partial charge is 0.190 e. The molecule has 0 aliphatic heterocycles. The lowest BCUT2D eigenvalue weighted by atomic mass is 9.37. The largest absolute Gasteiger partial charge is 0.392 e. The molecule has 3 fully saturated rings. The first-order chi connectivity index (χ1) is 13.3. The van der Waals surface area contributed by atoms with Crippen LogP contribution in [0.4, 0.5) is 0 Å². The van der Waals surface area contributed by atoms with Crippen molar-refractivity contribution in [2.24, 2.45) is 33.8 Å². The maximum Gasteiger partial charge on any atom is 0.190 e. The Hall–Kier alpha value is -1.34. The number of fused-ring (bicyclic) bond motifs is 5. The van der Waals surface area contributed by atoms with E-state index in [0.29, 0.717) is 19.3 Å². The van der Waals surface area contributed by atoms with Gasteiger partial charge < -0.3 is 21.1 Å². The van der Waals surface area contributed by atoms with Crippen molar-refractivity contribution in [1.29, 1.82) is 0 Å². The molecule has 6 heteroatoms. The van der Waals surface area contributed by atoms with Crippen molar-refractivity contribution in [1.82, 2.24) is 0 Å². The van der Waals surface area contributed by atoms with Gasteiger partial charge in [-0.25, -0.2) is 0 Å². The maximum atomic E-state index is 12.7. The molecule has 0 aromatic rings. The molecule has 8 atom stereocenters. The quantitative estimate of drug-likeness (QED) is 0.551. The van der Waals surface area contributed by atoms with E-state index in [9.17, 15) is 24.9 Å². The maximum absolute atomic E-state index is 12.7. The molecular weight excluding hydrogens is 370 g/mol. The van der Waals surface area contributed by atoms with Gasteiger partial charge in [0.05, 0.1) is 6.10 Å². The lowest BCUT2D eigenvalue weighted by Gasteiger charge is -2.70. The molecule has 5 N–H and O–H groups in total. The van der Waals surface area contributed by atoms with Gasteiger partial charge in [0, 0.05) is 21.8 Å². The number of Topliss-reactive ketones (excluding diaryl/α,β-unsaturated/α-hetero) is 1. The van der Waals surface area contributed by atoms with E-state index in [1.54, 1.807) is 12.2 Å². The molecule has 6 nitrogen and oxygen atoms in total. The number of rotatable bonds is 2. The van der Waals surface area contributed by atoms with Crippen LogP contribution in [-0.4, -0.2) is 50.7 Å². The number of hydrogen-bond acceptors (Lipinski definition) is 6. The van der Waals surface area contributed by atoms with Gasteiger partial charge in [-0.3, -0.25) is 9.59 Å². The number of hydrogen-bond donors (Lipinski definition) is 4. The van der Waals surface area contributed by atoms with Crippen LogP contribution in [0.5, 0.6) is 0 Å². The van der Waals surface area contributed by atoms with Crippen molar-refractivity contribution in [2.45, 2.75) is 70.6 Å². The number of carbonyl (C=O) groups is 2. The van der Waals surface area contributed by atoms with Crippen molar-refractivity contribution in [3.05, 3.63) is 23.8 Å². The minimum absolute atomic E-state index is 0.0434. The Labute approximate surface area is 171 Å². The van der Waals surface area contributed by atoms with Crippen LogP contribution < -0.4 is 5.73 Å². The van der Waals surface area contributed by atoms with Crippen LogP contribution in [0, 0.1) is 28.1 Å². The Morgan fingerprint density at radius 3 is 2.59 bits per heavy atom. The summed E-state index contributed by atoms with van der Waals surface area (Å²) in [5.41, 5.74) is 3.35. The molecule has 3 saturated carbocycles. The Morgan fingerprint density at radius 2 is 1.97 bits per heavy atom. The monoisotopic (exact) mass is 403 g/mol. The molecule has 29 heavy (non-hydrogen) atoms. The molecular formula is C23H33NO5. The summed E-state index contributed by atoms with van der Waals surface area (Å²) in [6.07, 6.45) is 6.21. The van der Waals surface area contributed by atoms with Crippen molar-refractivity contribution < 1.29 is 24.9 Å². The van der Waals surface area contributed by atoms with Gasteiger partial charge in [0.15, 0.2) is 11.6 Å². The highest BCUT2D eigenvalue weighted by Gasteiger charge is 2.77. The number of aliphatic hydroxyl groups is 3. The average molecular weight is 404 g/mol. The van der Waals surface area contributed by atoms with Crippen LogP contribution >= 0.6 is 0 Å². The zero-order valence-corrected chi connectivity index (χ0v) is 17.7. The van der Waals surface area contributed by atoms with E-state index in [1.165, 1.54) is 0 Å². The summed E-state index contributed by atoms with van der Waals surface area (Å²) in [6, 6.07) is 0.